The molecule has 0 heterocycles. The van der Waals surface area contributed by atoms with Crippen molar-refractivity contribution >= 4 is 5.97 Å². The van der Waals surface area contributed by atoms with Crippen molar-refractivity contribution in [2.24, 2.45) is 0 Å². The average molecular weight is 288 g/mol. The predicted octanol–water partition coefficient (Wildman–Crippen LogP) is 4.61. The Morgan fingerprint density at radius 2 is 1.67 bits per heavy atom. The highest BCUT2D eigenvalue weighted by molar-refractivity contribution is 5.91. The van der Waals surface area contributed by atoms with Crippen LogP contribution >= 0.6 is 0 Å². The molecule has 110 valence electrons. The lowest BCUT2D eigenvalue weighted by atomic mass is 9.86. The standard InChI is InChI=1S/C17H17FO3/c1-17(2,3)11-7-4-5-9-13(11)21-14-10-6-8-12(18)15(14)16(19)20/h4-10H,1-3H3,(H,19,20). The number of carboxylic acids is 1. The lowest BCUT2D eigenvalue weighted by molar-refractivity contribution is 0.0689. The molecule has 21 heavy (non-hydrogen) atoms. The molecule has 0 saturated carbocycles. The van der Waals surface area contributed by atoms with E-state index < -0.39 is 17.3 Å². The van der Waals surface area contributed by atoms with Gasteiger partial charge in [0.05, 0.1) is 0 Å². The highest BCUT2D eigenvalue weighted by Crippen LogP contribution is 2.35. The highest BCUT2D eigenvalue weighted by Gasteiger charge is 2.22. The van der Waals surface area contributed by atoms with Gasteiger partial charge in [0.1, 0.15) is 22.9 Å². The molecule has 0 atom stereocenters. The minimum absolute atomic E-state index is 0.000741. The summed E-state index contributed by atoms with van der Waals surface area (Å²) >= 11 is 0. The van der Waals surface area contributed by atoms with Crippen LogP contribution in [-0.2, 0) is 5.41 Å². The zero-order chi connectivity index (χ0) is 15.6. The van der Waals surface area contributed by atoms with Crippen LogP contribution in [0.3, 0.4) is 0 Å². The van der Waals surface area contributed by atoms with Gasteiger partial charge in [-0.3, -0.25) is 0 Å². The smallest absolute Gasteiger partial charge is 0.342 e. The number of halogens is 1. The maximum atomic E-state index is 13.7. The molecule has 0 saturated heterocycles. The van der Waals surface area contributed by atoms with E-state index in [9.17, 15) is 9.18 Å². The van der Waals surface area contributed by atoms with E-state index in [1.54, 1.807) is 12.1 Å². The molecule has 0 aliphatic carbocycles. The van der Waals surface area contributed by atoms with E-state index in [4.69, 9.17) is 9.84 Å². The van der Waals surface area contributed by atoms with E-state index in [0.717, 1.165) is 11.6 Å². The number of carboxylic acid groups (broad SMARTS) is 1. The monoisotopic (exact) mass is 288 g/mol. The molecular formula is C17H17FO3. The lowest BCUT2D eigenvalue weighted by Crippen LogP contribution is -2.13. The van der Waals surface area contributed by atoms with Gasteiger partial charge in [-0.2, -0.15) is 0 Å². The van der Waals surface area contributed by atoms with Gasteiger partial charge in [0.25, 0.3) is 0 Å². The van der Waals surface area contributed by atoms with Gasteiger partial charge in [-0.05, 0) is 23.6 Å². The van der Waals surface area contributed by atoms with Crippen molar-refractivity contribution in [1.29, 1.82) is 0 Å². The van der Waals surface area contributed by atoms with Crippen molar-refractivity contribution in [3.05, 3.63) is 59.4 Å². The van der Waals surface area contributed by atoms with Gasteiger partial charge in [0.2, 0.25) is 0 Å². The summed E-state index contributed by atoms with van der Waals surface area (Å²) in [6, 6.07) is 11.3. The number of ether oxygens (including phenoxy) is 1. The van der Waals surface area contributed by atoms with Crippen molar-refractivity contribution in [3.63, 3.8) is 0 Å². The molecule has 0 fully saturated rings. The summed E-state index contributed by atoms with van der Waals surface area (Å²) in [5.41, 5.74) is 0.291. The molecule has 2 aromatic rings. The first-order valence-electron chi connectivity index (χ1n) is 6.60. The number of aromatic carboxylic acids is 1. The summed E-state index contributed by atoms with van der Waals surface area (Å²) in [7, 11) is 0. The SMILES string of the molecule is CC(C)(C)c1ccccc1Oc1cccc(F)c1C(=O)O. The van der Waals surface area contributed by atoms with E-state index in [1.807, 2.05) is 32.9 Å². The number of rotatable bonds is 3. The van der Waals surface area contributed by atoms with E-state index in [0.29, 0.717) is 5.75 Å². The minimum Gasteiger partial charge on any atom is -0.477 e. The summed E-state index contributed by atoms with van der Waals surface area (Å²) < 4.78 is 19.4. The van der Waals surface area contributed by atoms with Gasteiger partial charge < -0.3 is 9.84 Å². The first-order chi connectivity index (χ1) is 9.80. The summed E-state index contributed by atoms with van der Waals surface area (Å²) in [4.78, 5) is 11.2. The maximum Gasteiger partial charge on any atom is 0.342 e. The Morgan fingerprint density at radius 1 is 1.05 bits per heavy atom. The van der Waals surface area contributed by atoms with Gasteiger partial charge in [0, 0.05) is 5.56 Å². The molecule has 0 amide bonds. The van der Waals surface area contributed by atoms with Crippen LogP contribution in [0.4, 0.5) is 4.39 Å². The van der Waals surface area contributed by atoms with Crippen LogP contribution in [-0.4, -0.2) is 11.1 Å². The fourth-order valence-corrected chi connectivity index (χ4v) is 2.09. The van der Waals surface area contributed by atoms with Crippen LogP contribution in [0.1, 0.15) is 36.7 Å². The highest BCUT2D eigenvalue weighted by atomic mass is 19.1. The Bertz CT molecular complexity index is 672. The van der Waals surface area contributed by atoms with Gasteiger partial charge in [-0.15, -0.1) is 0 Å². The van der Waals surface area contributed by atoms with E-state index in [2.05, 4.69) is 0 Å². The molecule has 0 unspecified atom stereocenters. The maximum absolute atomic E-state index is 13.7. The topological polar surface area (TPSA) is 46.5 Å². The van der Waals surface area contributed by atoms with Crippen LogP contribution in [0.25, 0.3) is 0 Å². The number of hydrogen-bond acceptors (Lipinski definition) is 2. The molecule has 2 aromatic carbocycles. The Morgan fingerprint density at radius 3 is 2.29 bits per heavy atom. The fraction of sp³-hybridized carbons (Fsp3) is 0.235. The fourth-order valence-electron chi connectivity index (χ4n) is 2.09. The molecule has 2 rings (SSSR count). The van der Waals surface area contributed by atoms with Crippen molar-refractivity contribution in [3.8, 4) is 11.5 Å². The molecule has 0 aliphatic rings. The third kappa shape index (κ3) is 3.21. The van der Waals surface area contributed by atoms with Crippen molar-refractivity contribution in [1.82, 2.24) is 0 Å². The third-order valence-electron chi connectivity index (χ3n) is 3.10. The third-order valence-corrected chi connectivity index (χ3v) is 3.10. The normalized spacial score (nSPS) is 11.2. The molecule has 0 aromatic heterocycles. The van der Waals surface area contributed by atoms with Crippen LogP contribution in [0.15, 0.2) is 42.5 Å². The number of hydrogen-bond donors (Lipinski definition) is 1. The summed E-state index contributed by atoms with van der Waals surface area (Å²) in [6.45, 7) is 6.08. The largest absolute Gasteiger partial charge is 0.477 e. The van der Waals surface area contributed by atoms with E-state index >= 15 is 0 Å². The zero-order valence-electron chi connectivity index (χ0n) is 12.2. The van der Waals surface area contributed by atoms with Crippen LogP contribution < -0.4 is 4.74 Å². The Kier molecular flexibility index (Phi) is 3.98. The first kappa shape index (κ1) is 15.0. The summed E-state index contributed by atoms with van der Waals surface area (Å²) in [5, 5.41) is 9.13. The quantitative estimate of drug-likeness (QED) is 0.896. The van der Waals surface area contributed by atoms with E-state index in [-0.39, 0.29) is 11.2 Å². The van der Waals surface area contributed by atoms with Crippen LogP contribution in [0.2, 0.25) is 0 Å². The predicted molar refractivity (Wildman–Crippen MR) is 78.6 cm³/mol. The molecule has 0 spiro atoms. The number of benzene rings is 2. The number of carbonyl (C=O) groups is 1. The van der Waals surface area contributed by atoms with Gasteiger partial charge >= 0.3 is 5.97 Å². The molecule has 0 aliphatic heterocycles. The second-order valence-corrected chi connectivity index (χ2v) is 5.77. The summed E-state index contributed by atoms with van der Waals surface area (Å²) in [5.74, 6) is -1.64. The summed E-state index contributed by atoms with van der Waals surface area (Å²) in [6.07, 6.45) is 0. The van der Waals surface area contributed by atoms with Crippen LogP contribution in [0, 0.1) is 5.82 Å². The average Bonchev–Trinajstić information content (AvgIpc) is 2.37. The van der Waals surface area contributed by atoms with Crippen LogP contribution in [0.5, 0.6) is 11.5 Å². The molecule has 4 heteroatoms. The Balaban J connectivity index is 2.50. The van der Waals surface area contributed by atoms with Gasteiger partial charge in [0.15, 0.2) is 0 Å². The van der Waals surface area contributed by atoms with Crippen molar-refractivity contribution in [2.45, 2.75) is 26.2 Å². The lowest BCUT2D eigenvalue weighted by Gasteiger charge is -2.22. The Hall–Kier alpha value is -2.36. The minimum atomic E-state index is -1.35. The van der Waals surface area contributed by atoms with Crippen molar-refractivity contribution in [2.75, 3.05) is 0 Å². The second-order valence-electron chi connectivity index (χ2n) is 5.77. The van der Waals surface area contributed by atoms with Gasteiger partial charge in [-0.25, -0.2) is 9.18 Å². The van der Waals surface area contributed by atoms with Crippen molar-refractivity contribution < 1.29 is 19.0 Å². The Labute approximate surface area is 123 Å². The molecule has 1 N–H and O–H groups in total. The molecule has 3 nitrogen and oxygen atoms in total. The van der Waals surface area contributed by atoms with Gasteiger partial charge in [-0.1, -0.05) is 45.0 Å². The zero-order valence-corrected chi connectivity index (χ0v) is 12.2. The molecular weight excluding hydrogens is 271 g/mol. The molecule has 0 bridgehead atoms. The number of para-hydroxylation sites is 1. The first-order valence-corrected chi connectivity index (χ1v) is 6.60. The molecule has 0 radical (unpaired) electrons. The van der Waals surface area contributed by atoms with E-state index in [1.165, 1.54) is 12.1 Å². The second kappa shape index (κ2) is 5.56.